The Balaban J connectivity index is 1.71. The molecule has 0 aliphatic carbocycles. The Kier molecular flexibility index (Phi) is 3.51. The fourth-order valence-electron chi connectivity index (χ4n) is 2.04. The number of nitro groups is 1. The molecule has 0 spiro atoms. The van der Waals surface area contributed by atoms with Crippen LogP contribution in [0, 0.1) is 10.1 Å². The molecule has 0 atom stereocenters. The van der Waals surface area contributed by atoms with E-state index in [0.29, 0.717) is 11.5 Å². The van der Waals surface area contributed by atoms with Gasteiger partial charge in [-0.3, -0.25) is 15.1 Å². The summed E-state index contributed by atoms with van der Waals surface area (Å²) < 4.78 is 5.65. The van der Waals surface area contributed by atoms with Crippen LogP contribution in [0.4, 0.5) is 5.69 Å². The minimum atomic E-state index is -0.437. The van der Waals surface area contributed by atoms with Crippen molar-refractivity contribution in [2.45, 2.75) is 0 Å². The maximum atomic E-state index is 10.6. The molecule has 2 aromatic rings. The van der Waals surface area contributed by atoms with Crippen LogP contribution in [-0.2, 0) is 0 Å². The Labute approximate surface area is 121 Å². The Morgan fingerprint density at radius 1 is 1.05 bits per heavy atom. The van der Waals surface area contributed by atoms with Crippen LogP contribution in [-0.4, -0.2) is 23.8 Å². The average Bonchev–Trinajstić information content (AvgIpc) is 3.03. The molecule has 0 aromatic heterocycles. The van der Waals surface area contributed by atoms with E-state index in [1.807, 2.05) is 24.3 Å². The van der Waals surface area contributed by atoms with E-state index in [2.05, 4.69) is 10.3 Å². The summed E-state index contributed by atoms with van der Waals surface area (Å²) in [7, 11) is 0. The van der Waals surface area contributed by atoms with Gasteiger partial charge in [-0.2, -0.15) is 0 Å². The summed E-state index contributed by atoms with van der Waals surface area (Å²) in [5.74, 6) is 2.13. The molecule has 1 aliphatic heterocycles. The number of non-ortho nitro benzene ring substituents is 1. The van der Waals surface area contributed by atoms with Crippen LogP contribution in [0.1, 0.15) is 5.56 Å². The standard InChI is InChI=1S/C15H13N3O3/c19-18(20)12-3-7-14(8-4-12)21-13-5-1-11(2-6-13)15-16-9-10-17-15/h1-8H,9-10H2,(H,16,17). The molecule has 21 heavy (non-hydrogen) atoms. The topological polar surface area (TPSA) is 76.8 Å². The zero-order chi connectivity index (χ0) is 14.7. The van der Waals surface area contributed by atoms with Crippen LogP contribution in [0.5, 0.6) is 11.5 Å². The first-order valence-electron chi connectivity index (χ1n) is 6.53. The molecule has 0 amide bonds. The van der Waals surface area contributed by atoms with Crippen molar-refractivity contribution in [3.63, 3.8) is 0 Å². The van der Waals surface area contributed by atoms with Crippen LogP contribution >= 0.6 is 0 Å². The van der Waals surface area contributed by atoms with E-state index in [-0.39, 0.29) is 5.69 Å². The Bertz CT molecular complexity index is 678. The fraction of sp³-hybridized carbons (Fsp3) is 0.133. The summed E-state index contributed by atoms with van der Waals surface area (Å²) in [5.41, 5.74) is 1.06. The quantitative estimate of drug-likeness (QED) is 0.691. The van der Waals surface area contributed by atoms with Gasteiger partial charge in [-0.05, 0) is 36.4 Å². The second-order valence-corrected chi connectivity index (χ2v) is 4.53. The number of benzene rings is 2. The Morgan fingerprint density at radius 2 is 1.67 bits per heavy atom. The highest BCUT2D eigenvalue weighted by atomic mass is 16.6. The second kappa shape index (κ2) is 5.62. The minimum absolute atomic E-state index is 0.0445. The van der Waals surface area contributed by atoms with E-state index in [1.54, 1.807) is 12.1 Å². The molecular weight excluding hydrogens is 270 g/mol. The minimum Gasteiger partial charge on any atom is -0.457 e. The van der Waals surface area contributed by atoms with Gasteiger partial charge in [0.1, 0.15) is 17.3 Å². The van der Waals surface area contributed by atoms with E-state index in [1.165, 1.54) is 12.1 Å². The normalized spacial score (nSPS) is 13.4. The van der Waals surface area contributed by atoms with E-state index >= 15 is 0 Å². The molecule has 2 aromatic carbocycles. The molecule has 106 valence electrons. The molecular formula is C15H13N3O3. The molecule has 1 N–H and O–H groups in total. The predicted octanol–water partition coefficient (Wildman–Crippen LogP) is 2.74. The fourth-order valence-corrected chi connectivity index (χ4v) is 2.04. The third-order valence-corrected chi connectivity index (χ3v) is 3.09. The lowest BCUT2D eigenvalue weighted by atomic mass is 10.2. The smallest absolute Gasteiger partial charge is 0.269 e. The van der Waals surface area contributed by atoms with Gasteiger partial charge in [0.2, 0.25) is 0 Å². The third-order valence-electron chi connectivity index (χ3n) is 3.09. The highest BCUT2D eigenvalue weighted by molar-refractivity contribution is 5.99. The van der Waals surface area contributed by atoms with Crippen molar-refractivity contribution in [2.75, 3.05) is 13.1 Å². The van der Waals surface area contributed by atoms with Crippen molar-refractivity contribution in [1.29, 1.82) is 0 Å². The van der Waals surface area contributed by atoms with Gasteiger partial charge in [0.25, 0.3) is 5.69 Å². The van der Waals surface area contributed by atoms with Crippen molar-refractivity contribution in [3.05, 3.63) is 64.2 Å². The number of amidine groups is 1. The Hall–Kier alpha value is -2.89. The van der Waals surface area contributed by atoms with Crippen molar-refractivity contribution < 1.29 is 9.66 Å². The van der Waals surface area contributed by atoms with Crippen LogP contribution in [0.2, 0.25) is 0 Å². The molecule has 0 radical (unpaired) electrons. The van der Waals surface area contributed by atoms with Crippen molar-refractivity contribution in [2.24, 2.45) is 4.99 Å². The van der Waals surface area contributed by atoms with Crippen LogP contribution in [0.3, 0.4) is 0 Å². The van der Waals surface area contributed by atoms with Crippen molar-refractivity contribution >= 4 is 11.5 Å². The second-order valence-electron chi connectivity index (χ2n) is 4.53. The van der Waals surface area contributed by atoms with E-state index < -0.39 is 4.92 Å². The number of rotatable bonds is 4. The molecule has 0 fully saturated rings. The number of aliphatic imine (C=N–C) groups is 1. The third kappa shape index (κ3) is 3.00. The summed E-state index contributed by atoms with van der Waals surface area (Å²) >= 11 is 0. The highest BCUT2D eigenvalue weighted by Gasteiger charge is 2.08. The van der Waals surface area contributed by atoms with Gasteiger partial charge in [0, 0.05) is 24.2 Å². The van der Waals surface area contributed by atoms with Gasteiger partial charge in [0.15, 0.2) is 0 Å². The molecule has 3 rings (SSSR count). The molecule has 6 heteroatoms. The maximum Gasteiger partial charge on any atom is 0.269 e. The Morgan fingerprint density at radius 3 is 2.19 bits per heavy atom. The largest absolute Gasteiger partial charge is 0.457 e. The SMILES string of the molecule is O=[N+]([O-])c1ccc(Oc2ccc(C3=NCCN3)cc2)cc1. The first kappa shape index (κ1) is 13.1. The van der Waals surface area contributed by atoms with Gasteiger partial charge in [0.05, 0.1) is 11.5 Å². The summed E-state index contributed by atoms with van der Waals surface area (Å²) in [6.07, 6.45) is 0. The number of nitro benzene ring substituents is 1. The molecule has 0 bridgehead atoms. The van der Waals surface area contributed by atoms with E-state index in [0.717, 1.165) is 24.5 Å². The lowest BCUT2D eigenvalue weighted by molar-refractivity contribution is -0.384. The molecule has 6 nitrogen and oxygen atoms in total. The molecule has 0 unspecified atom stereocenters. The van der Waals surface area contributed by atoms with Crippen LogP contribution < -0.4 is 10.1 Å². The predicted molar refractivity (Wildman–Crippen MR) is 79.0 cm³/mol. The number of hydrogen-bond donors (Lipinski definition) is 1. The summed E-state index contributed by atoms with van der Waals surface area (Å²) in [6.45, 7) is 1.67. The lowest BCUT2D eigenvalue weighted by Crippen LogP contribution is -2.19. The average molecular weight is 283 g/mol. The number of hydrogen-bond acceptors (Lipinski definition) is 5. The monoisotopic (exact) mass is 283 g/mol. The first-order valence-corrected chi connectivity index (χ1v) is 6.53. The zero-order valence-corrected chi connectivity index (χ0v) is 11.2. The number of nitrogens with zero attached hydrogens (tertiary/aromatic N) is 2. The van der Waals surface area contributed by atoms with E-state index in [9.17, 15) is 10.1 Å². The highest BCUT2D eigenvalue weighted by Crippen LogP contribution is 2.24. The summed E-state index contributed by atoms with van der Waals surface area (Å²) in [6, 6.07) is 13.5. The lowest BCUT2D eigenvalue weighted by Gasteiger charge is -2.07. The van der Waals surface area contributed by atoms with E-state index in [4.69, 9.17) is 4.74 Å². The van der Waals surface area contributed by atoms with Gasteiger partial charge in [-0.1, -0.05) is 0 Å². The van der Waals surface area contributed by atoms with Crippen LogP contribution in [0.15, 0.2) is 53.5 Å². The van der Waals surface area contributed by atoms with Crippen molar-refractivity contribution in [1.82, 2.24) is 5.32 Å². The molecule has 0 saturated carbocycles. The number of ether oxygens (including phenoxy) is 1. The molecule has 1 heterocycles. The van der Waals surface area contributed by atoms with Gasteiger partial charge >= 0.3 is 0 Å². The van der Waals surface area contributed by atoms with Gasteiger partial charge in [-0.25, -0.2) is 0 Å². The molecule has 1 aliphatic rings. The zero-order valence-electron chi connectivity index (χ0n) is 11.2. The van der Waals surface area contributed by atoms with Gasteiger partial charge < -0.3 is 10.1 Å². The molecule has 0 saturated heterocycles. The summed E-state index contributed by atoms with van der Waals surface area (Å²) in [5, 5.41) is 13.8. The van der Waals surface area contributed by atoms with Crippen LogP contribution in [0.25, 0.3) is 0 Å². The number of nitrogens with one attached hydrogen (secondary N) is 1. The maximum absolute atomic E-state index is 10.6. The summed E-state index contributed by atoms with van der Waals surface area (Å²) in [4.78, 5) is 14.5. The van der Waals surface area contributed by atoms with Gasteiger partial charge in [-0.15, -0.1) is 0 Å². The first-order chi connectivity index (χ1) is 10.2. The van der Waals surface area contributed by atoms with Crippen molar-refractivity contribution in [3.8, 4) is 11.5 Å².